The van der Waals surface area contributed by atoms with Crippen LogP contribution < -0.4 is 27.4 Å². The molecule has 0 radical (unpaired) electrons. The number of carbonyl (C=O) groups is 6. The molecule has 0 aliphatic heterocycles. The van der Waals surface area contributed by atoms with Crippen molar-refractivity contribution in [2.45, 2.75) is 62.9 Å². The summed E-state index contributed by atoms with van der Waals surface area (Å²) in [4.78, 5) is 71.7. The van der Waals surface area contributed by atoms with Gasteiger partial charge in [-0.15, -0.1) is 0 Å². The number of benzene rings is 1. The number of carboxylic acids is 2. The molecule has 5 unspecified atom stereocenters. The lowest BCUT2D eigenvalue weighted by Gasteiger charge is -2.25. The molecule has 0 spiro atoms. The molecule has 14 nitrogen and oxygen atoms in total. The van der Waals surface area contributed by atoms with Crippen molar-refractivity contribution in [3.63, 3.8) is 0 Å². The fourth-order valence-corrected chi connectivity index (χ4v) is 3.09. The highest BCUT2D eigenvalue weighted by atomic mass is 16.4. The Morgan fingerprint density at radius 3 is 1.94 bits per heavy atom. The van der Waals surface area contributed by atoms with Crippen molar-refractivity contribution >= 4 is 35.6 Å². The maximum Gasteiger partial charge on any atom is 0.328 e. The molecule has 0 aromatic heterocycles. The van der Waals surface area contributed by atoms with E-state index in [9.17, 15) is 39.0 Å². The van der Waals surface area contributed by atoms with Gasteiger partial charge in [-0.2, -0.15) is 0 Å². The summed E-state index contributed by atoms with van der Waals surface area (Å²) in [5.74, 6) is -6.80. The van der Waals surface area contributed by atoms with E-state index in [-0.39, 0.29) is 19.3 Å². The highest BCUT2D eigenvalue weighted by Gasteiger charge is 2.32. The normalized spacial score (nSPS) is 14.9. The molecule has 1 aromatic rings. The van der Waals surface area contributed by atoms with Crippen LogP contribution in [0.2, 0.25) is 0 Å². The van der Waals surface area contributed by atoms with E-state index in [2.05, 4.69) is 10.6 Å². The summed E-state index contributed by atoms with van der Waals surface area (Å²) in [5.41, 5.74) is 11.7. The maximum absolute atomic E-state index is 12.8. The van der Waals surface area contributed by atoms with Crippen molar-refractivity contribution in [1.82, 2.24) is 16.0 Å². The number of aliphatic hydroxyl groups is 1. The van der Waals surface area contributed by atoms with Gasteiger partial charge >= 0.3 is 11.9 Å². The lowest BCUT2D eigenvalue weighted by molar-refractivity contribution is -0.145. The smallest absolute Gasteiger partial charge is 0.328 e. The molecule has 0 bridgehead atoms. The van der Waals surface area contributed by atoms with E-state index in [1.54, 1.807) is 30.3 Å². The minimum atomic E-state index is -1.73. The van der Waals surface area contributed by atoms with Crippen LogP contribution in [-0.2, 0) is 35.2 Å². The van der Waals surface area contributed by atoms with E-state index in [4.69, 9.17) is 16.6 Å². The van der Waals surface area contributed by atoms with Gasteiger partial charge in [-0.3, -0.25) is 24.0 Å². The molecule has 1 aromatic carbocycles. The quantitative estimate of drug-likeness (QED) is 0.121. The fourth-order valence-electron chi connectivity index (χ4n) is 3.09. The molecule has 0 saturated carbocycles. The molecule has 5 atom stereocenters. The first-order valence-corrected chi connectivity index (χ1v) is 10.9. The van der Waals surface area contributed by atoms with Gasteiger partial charge in [-0.05, 0) is 25.3 Å². The molecule has 0 aliphatic carbocycles. The van der Waals surface area contributed by atoms with Gasteiger partial charge in [-0.25, -0.2) is 4.79 Å². The molecule has 198 valence electrons. The number of nitrogens with two attached hydrogens (primary N) is 2. The van der Waals surface area contributed by atoms with Crippen molar-refractivity contribution in [2.75, 3.05) is 0 Å². The second-order valence-corrected chi connectivity index (χ2v) is 8.09. The number of amides is 4. The van der Waals surface area contributed by atoms with Crippen molar-refractivity contribution in [1.29, 1.82) is 0 Å². The lowest BCUT2D eigenvalue weighted by atomic mass is 10.0. The standard InChI is InChI=1S/C22H31N5O9/c1-11(28)18(22(35)36)27-20(33)14(7-8-16(24)29)25-21(34)15(10-17(30)31)26-19(32)13(23)9-12-5-3-2-4-6-12/h2-6,11,13-15,18,28H,7-10,23H2,1H3,(H2,24,29)(H,25,34)(H,26,32)(H,27,33)(H,30,31)(H,35,36). The number of carboxylic acid groups (broad SMARTS) is 2. The zero-order valence-electron chi connectivity index (χ0n) is 19.5. The molecule has 4 amide bonds. The molecular weight excluding hydrogens is 478 g/mol. The van der Waals surface area contributed by atoms with Gasteiger partial charge in [0.1, 0.15) is 12.1 Å². The first-order valence-electron chi connectivity index (χ1n) is 10.9. The van der Waals surface area contributed by atoms with Gasteiger partial charge < -0.3 is 42.7 Å². The van der Waals surface area contributed by atoms with Gasteiger partial charge in [-0.1, -0.05) is 30.3 Å². The molecular formula is C22H31N5O9. The van der Waals surface area contributed by atoms with Crippen molar-refractivity contribution < 1.29 is 44.1 Å². The topological polar surface area (TPSA) is 251 Å². The molecule has 1 rings (SSSR count). The van der Waals surface area contributed by atoms with Gasteiger partial charge in [0.15, 0.2) is 6.04 Å². The summed E-state index contributed by atoms with van der Waals surface area (Å²) < 4.78 is 0. The molecule has 0 saturated heterocycles. The average Bonchev–Trinajstić information content (AvgIpc) is 2.79. The van der Waals surface area contributed by atoms with Crippen LogP contribution in [0, 0.1) is 0 Å². The maximum atomic E-state index is 12.8. The zero-order chi connectivity index (χ0) is 27.4. The van der Waals surface area contributed by atoms with E-state index in [0.29, 0.717) is 0 Å². The SMILES string of the molecule is CC(O)C(NC(=O)C(CCC(N)=O)NC(=O)C(CC(=O)O)NC(=O)C(N)Cc1ccccc1)C(=O)O. The van der Waals surface area contributed by atoms with E-state index in [1.807, 2.05) is 5.32 Å². The molecule has 0 heterocycles. The first-order chi connectivity index (χ1) is 16.8. The van der Waals surface area contributed by atoms with E-state index in [0.717, 1.165) is 12.5 Å². The van der Waals surface area contributed by atoms with Crippen molar-refractivity contribution in [3.8, 4) is 0 Å². The highest BCUT2D eigenvalue weighted by Crippen LogP contribution is 2.05. The summed E-state index contributed by atoms with van der Waals surface area (Å²) in [7, 11) is 0. The number of hydrogen-bond donors (Lipinski definition) is 8. The Labute approximate surface area is 206 Å². The Morgan fingerprint density at radius 2 is 1.44 bits per heavy atom. The van der Waals surface area contributed by atoms with Crippen LogP contribution in [0.3, 0.4) is 0 Å². The van der Waals surface area contributed by atoms with Gasteiger partial charge in [0.25, 0.3) is 0 Å². The summed E-state index contributed by atoms with van der Waals surface area (Å²) in [6.45, 7) is 1.12. The Hall–Kier alpha value is -4.04. The number of aliphatic carboxylic acids is 2. The fraction of sp³-hybridized carbons (Fsp3) is 0.455. The molecule has 10 N–H and O–H groups in total. The van der Waals surface area contributed by atoms with Crippen LogP contribution in [-0.4, -0.2) is 81.2 Å². The van der Waals surface area contributed by atoms with Crippen LogP contribution in [0.25, 0.3) is 0 Å². The van der Waals surface area contributed by atoms with Crippen LogP contribution in [0.15, 0.2) is 30.3 Å². The third kappa shape index (κ3) is 10.5. The number of nitrogens with one attached hydrogen (secondary N) is 3. The van der Waals surface area contributed by atoms with Crippen molar-refractivity contribution in [2.24, 2.45) is 11.5 Å². The van der Waals surface area contributed by atoms with E-state index < -0.39 is 72.3 Å². The molecule has 14 heteroatoms. The molecule has 0 fully saturated rings. The number of hydrogen-bond acceptors (Lipinski definition) is 8. The highest BCUT2D eigenvalue weighted by molar-refractivity contribution is 5.96. The van der Waals surface area contributed by atoms with Gasteiger partial charge in [0.2, 0.25) is 23.6 Å². The largest absolute Gasteiger partial charge is 0.481 e. The number of carbonyl (C=O) groups excluding carboxylic acids is 4. The van der Waals surface area contributed by atoms with Crippen molar-refractivity contribution in [3.05, 3.63) is 35.9 Å². The first kappa shape index (κ1) is 30.0. The van der Waals surface area contributed by atoms with Gasteiger partial charge in [0, 0.05) is 6.42 Å². The Kier molecular flexibility index (Phi) is 12.0. The van der Waals surface area contributed by atoms with Crippen LogP contribution in [0.4, 0.5) is 0 Å². The minimum Gasteiger partial charge on any atom is -0.481 e. The van der Waals surface area contributed by atoms with E-state index in [1.165, 1.54) is 0 Å². The van der Waals surface area contributed by atoms with Gasteiger partial charge in [0.05, 0.1) is 18.6 Å². The molecule has 36 heavy (non-hydrogen) atoms. The number of rotatable bonds is 15. The van der Waals surface area contributed by atoms with Crippen LogP contribution in [0.1, 0.15) is 31.7 Å². The Balaban J connectivity index is 3.00. The number of primary amides is 1. The zero-order valence-corrected chi connectivity index (χ0v) is 19.5. The predicted molar refractivity (Wildman–Crippen MR) is 124 cm³/mol. The summed E-state index contributed by atoms with van der Waals surface area (Å²) >= 11 is 0. The van der Waals surface area contributed by atoms with Crippen LogP contribution in [0.5, 0.6) is 0 Å². The Bertz CT molecular complexity index is 954. The van der Waals surface area contributed by atoms with Crippen LogP contribution >= 0.6 is 0 Å². The second kappa shape index (κ2) is 14.4. The Morgan fingerprint density at radius 1 is 0.889 bits per heavy atom. The molecule has 0 aliphatic rings. The predicted octanol–water partition coefficient (Wildman–Crippen LogP) is -2.78. The lowest BCUT2D eigenvalue weighted by Crippen LogP contribution is -2.58. The monoisotopic (exact) mass is 509 g/mol. The number of aliphatic hydroxyl groups excluding tert-OH is 1. The summed E-state index contributed by atoms with van der Waals surface area (Å²) in [6, 6.07) is 2.69. The minimum absolute atomic E-state index is 0.105. The third-order valence-corrected chi connectivity index (χ3v) is 5.01. The van der Waals surface area contributed by atoms with E-state index >= 15 is 0 Å². The second-order valence-electron chi connectivity index (χ2n) is 8.09. The summed E-state index contributed by atoms with van der Waals surface area (Å²) in [5, 5.41) is 34.4. The third-order valence-electron chi connectivity index (χ3n) is 5.01. The summed E-state index contributed by atoms with van der Waals surface area (Å²) in [6.07, 6.45) is -2.99. The average molecular weight is 510 g/mol.